The van der Waals surface area contributed by atoms with Crippen LogP contribution in [0.2, 0.25) is 0 Å². The van der Waals surface area contributed by atoms with Crippen LogP contribution >= 0.6 is 0 Å². The van der Waals surface area contributed by atoms with Crippen molar-refractivity contribution in [1.82, 2.24) is 25.3 Å². The van der Waals surface area contributed by atoms with E-state index in [9.17, 15) is 10.1 Å². The molecule has 1 aliphatic rings. The van der Waals surface area contributed by atoms with Crippen molar-refractivity contribution >= 4 is 22.8 Å². The molecule has 3 heterocycles. The summed E-state index contributed by atoms with van der Waals surface area (Å²) in [4.78, 5) is 25.2. The van der Waals surface area contributed by atoms with E-state index in [0.29, 0.717) is 43.3 Å². The molecule has 4 aromatic rings. The van der Waals surface area contributed by atoms with Crippen LogP contribution in [0.3, 0.4) is 0 Å². The zero-order valence-corrected chi connectivity index (χ0v) is 21.5. The minimum Gasteiger partial charge on any atom is -0.379 e. The van der Waals surface area contributed by atoms with Crippen molar-refractivity contribution in [2.24, 2.45) is 0 Å². The number of fused-ring (bicyclic) bond motifs is 1. The van der Waals surface area contributed by atoms with Gasteiger partial charge in [0.05, 0.1) is 24.5 Å². The van der Waals surface area contributed by atoms with E-state index in [1.54, 1.807) is 12.4 Å². The molecule has 2 N–H and O–H groups in total. The molecule has 9 heteroatoms. The molecule has 0 atom stereocenters. The van der Waals surface area contributed by atoms with Gasteiger partial charge < -0.3 is 15.0 Å². The van der Waals surface area contributed by atoms with E-state index in [2.05, 4.69) is 38.3 Å². The Kier molecular flexibility index (Phi) is 7.92. The third-order valence-electron chi connectivity index (χ3n) is 6.65. The van der Waals surface area contributed by atoms with E-state index in [1.807, 2.05) is 48.5 Å². The number of carbonyl (C=O) groups is 1. The number of nitrogens with zero attached hydrogens (tertiary/aromatic N) is 5. The molecule has 9 nitrogen and oxygen atoms in total. The molecule has 5 rings (SSSR count). The van der Waals surface area contributed by atoms with Crippen molar-refractivity contribution < 1.29 is 9.53 Å². The fourth-order valence-electron chi connectivity index (χ4n) is 4.64. The van der Waals surface area contributed by atoms with Crippen molar-refractivity contribution in [3.05, 3.63) is 77.6 Å². The summed E-state index contributed by atoms with van der Waals surface area (Å²) in [7, 11) is 0. The monoisotopic (exact) mass is 509 g/mol. The average Bonchev–Trinajstić information content (AvgIpc) is 3.39. The molecule has 1 amide bonds. The Morgan fingerprint density at radius 1 is 1.18 bits per heavy atom. The first kappa shape index (κ1) is 25.4. The van der Waals surface area contributed by atoms with Crippen molar-refractivity contribution in [3.8, 4) is 17.3 Å². The smallest absolute Gasteiger partial charge is 0.251 e. The molecule has 0 spiro atoms. The number of aromatic amines is 1. The predicted molar refractivity (Wildman–Crippen MR) is 147 cm³/mol. The minimum atomic E-state index is -0.123. The minimum absolute atomic E-state index is 0.123. The van der Waals surface area contributed by atoms with Gasteiger partial charge >= 0.3 is 0 Å². The van der Waals surface area contributed by atoms with Crippen molar-refractivity contribution in [3.63, 3.8) is 0 Å². The maximum absolute atomic E-state index is 12.7. The number of benzene rings is 2. The Morgan fingerprint density at radius 2 is 2.00 bits per heavy atom. The van der Waals surface area contributed by atoms with Crippen molar-refractivity contribution in [2.75, 3.05) is 44.4 Å². The summed E-state index contributed by atoms with van der Waals surface area (Å²) in [6, 6.07) is 17.6. The second kappa shape index (κ2) is 11.9. The van der Waals surface area contributed by atoms with E-state index in [1.165, 1.54) is 0 Å². The Morgan fingerprint density at radius 3 is 2.76 bits per heavy atom. The van der Waals surface area contributed by atoms with Gasteiger partial charge in [-0.1, -0.05) is 25.1 Å². The van der Waals surface area contributed by atoms with Crippen LogP contribution < -0.4 is 10.3 Å². The maximum Gasteiger partial charge on any atom is 0.251 e. The summed E-state index contributed by atoms with van der Waals surface area (Å²) in [6.07, 6.45) is 5.16. The molecule has 0 unspecified atom stereocenters. The highest BCUT2D eigenvalue weighted by molar-refractivity contribution is 5.94. The fraction of sp³-hybridized carbons (Fsp3) is 0.310. The second-order valence-electron chi connectivity index (χ2n) is 9.21. The van der Waals surface area contributed by atoms with Gasteiger partial charge in [-0.2, -0.15) is 5.26 Å². The lowest BCUT2D eigenvalue weighted by molar-refractivity contribution is 0.0308. The normalized spacial score (nSPS) is 13.8. The number of hydrogen-bond donors (Lipinski definition) is 2. The number of rotatable bonds is 9. The first-order valence-electron chi connectivity index (χ1n) is 13.0. The van der Waals surface area contributed by atoms with Crippen LogP contribution in [-0.4, -0.2) is 65.3 Å². The largest absolute Gasteiger partial charge is 0.379 e. The summed E-state index contributed by atoms with van der Waals surface area (Å²) >= 11 is 0. The molecule has 2 aromatic carbocycles. The Hall–Kier alpha value is -4.26. The van der Waals surface area contributed by atoms with Crippen LogP contribution in [0.1, 0.15) is 34.8 Å². The van der Waals surface area contributed by atoms with Crippen LogP contribution in [0.5, 0.6) is 0 Å². The van der Waals surface area contributed by atoms with Gasteiger partial charge in [-0.15, -0.1) is 0 Å². The van der Waals surface area contributed by atoms with Gasteiger partial charge in [0.1, 0.15) is 6.07 Å². The van der Waals surface area contributed by atoms with E-state index in [0.717, 1.165) is 53.8 Å². The number of hydrogen-bond acceptors (Lipinski definition) is 7. The fourth-order valence-corrected chi connectivity index (χ4v) is 4.64. The van der Waals surface area contributed by atoms with Gasteiger partial charge in [0.2, 0.25) is 5.95 Å². The molecule has 1 aliphatic heterocycles. The molecule has 0 bridgehead atoms. The van der Waals surface area contributed by atoms with Gasteiger partial charge in [0.15, 0.2) is 0 Å². The zero-order chi connectivity index (χ0) is 26.3. The highest BCUT2D eigenvalue weighted by atomic mass is 16.5. The summed E-state index contributed by atoms with van der Waals surface area (Å²) in [6.45, 7) is 6.52. The molecule has 0 saturated carbocycles. The lowest BCUT2D eigenvalue weighted by Gasteiger charge is -2.37. The average molecular weight is 510 g/mol. The van der Waals surface area contributed by atoms with Gasteiger partial charge in [-0.3, -0.25) is 9.80 Å². The molecule has 0 aliphatic carbocycles. The van der Waals surface area contributed by atoms with Gasteiger partial charge in [-0.05, 0) is 48.7 Å². The van der Waals surface area contributed by atoms with Crippen LogP contribution in [0, 0.1) is 11.3 Å². The number of amides is 1. The first-order valence-corrected chi connectivity index (χ1v) is 13.0. The van der Waals surface area contributed by atoms with E-state index in [4.69, 9.17) is 9.72 Å². The molecule has 194 valence electrons. The molecular formula is C29H31N7O2. The highest BCUT2D eigenvalue weighted by Crippen LogP contribution is 2.22. The third kappa shape index (κ3) is 5.67. The SMILES string of the molecule is CCCN(c1nccc(-c2ccc(C(=O)NCCc3ccc4[nH]cc(C#N)c4c3)cc2)n1)N1CCOCC1. The number of ether oxygens (including phenoxy) is 1. The Bertz CT molecular complexity index is 1440. The number of carbonyl (C=O) groups excluding carboxylic acids is 1. The van der Waals surface area contributed by atoms with Gasteiger partial charge in [-0.25, -0.2) is 15.0 Å². The summed E-state index contributed by atoms with van der Waals surface area (Å²) in [5.74, 6) is 0.551. The van der Waals surface area contributed by atoms with E-state index in [-0.39, 0.29) is 5.91 Å². The number of H-pyrrole nitrogens is 1. The third-order valence-corrected chi connectivity index (χ3v) is 6.65. The molecular weight excluding hydrogens is 478 g/mol. The summed E-state index contributed by atoms with van der Waals surface area (Å²) in [5, 5.41) is 17.5. The van der Waals surface area contributed by atoms with Crippen LogP contribution in [0.15, 0.2) is 60.9 Å². The number of anilines is 1. The number of aromatic nitrogens is 3. The summed E-state index contributed by atoms with van der Waals surface area (Å²) < 4.78 is 5.50. The van der Waals surface area contributed by atoms with E-state index >= 15 is 0 Å². The Balaban J connectivity index is 1.22. The zero-order valence-electron chi connectivity index (χ0n) is 21.5. The topological polar surface area (TPSA) is 110 Å². The quantitative estimate of drug-likeness (QED) is 0.352. The van der Waals surface area contributed by atoms with Crippen LogP contribution in [0.4, 0.5) is 5.95 Å². The standard InChI is InChI=1S/C29H31N7O2/c1-2-13-36(35-14-16-38-17-15-35)29-32-12-10-26(34-29)22-4-6-23(7-5-22)28(37)31-11-9-21-3-8-27-25(18-21)24(19-30)20-33-27/h3-8,10,12,18,20,33H,2,9,11,13-17H2,1H3,(H,31,37). The van der Waals surface area contributed by atoms with Crippen molar-refractivity contribution in [2.45, 2.75) is 19.8 Å². The number of hydrazine groups is 1. The van der Waals surface area contributed by atoms with Gasteiger partial charge in [0.25, 0.3) is 5.91 Å². The molecule has 0 radical (unpaired) electrons. The number of morpholine rings is 1. The molecule has 1 saturated heterocycles. The van der Waals surface area contributed by atoms with Crippen LogP contribution in [-0.2, 0) is 11.2 Å². The number of nitriles is 1. The highest BCUT2D eigenvalue weighted by Gasteiger charge is 2.21. The molecule has 2 aromatic heterocycles. The molecule has 38 heavy (non-hydrogen) atoms. The number of nitrogens with one attached hydrogen (secondary N) is 2. The van der Waals surface area contributed by atoms with Gasteiger partial charge in [0, 0.05) is 60.6 Å². The Labute approximate surface area is 222 Å². The second-order valence-corrected chi connectivity index (χ2v) is 9.21. The van der Waals surface area contributed by atoms with Crippen LogP contribution in [0.25, 0.3) is 22.2 Å². The lowest BCUT2D eigenvalue weighted by atomic mass is 10.1. The predicted octanol–water partition coefficient (Wildman–Crippen LogP) is 3.93. The van der Waals surface area contributed by atoms with Crippen molar-refractivity contribution in [1.29, 1.82) is 5.26 Å². The maximum atomic E-state index is 12.7. The summed E-state index contributed by atoms with van der Waals surface area (Å²) in [5.41, 5.74) is 4.96. The lowest BCUT2D eigenvalue weighted by Crippen LogP contribution is -2.50. The molecule has 1 fully saturated rings. The first-order chi connectivity index (χ1) is 18.7. The van der Waals surface area contributed by atoms with E-state index < -0.39 is 0 Å².